The quantitative estimate of drug-likeness (QED) is 0.517. The van der Waals surface area contributed by atoms with Gasteiger partial charge in [0.2, 0.25) is 0 Å². The number of hydrogen-bond donors (Lipinski definition) is 2. The Kier molecular flexibility index (Phi) is 5.05. The van der Waals surface area contributed by atoms with Crippen LogP contribution >= 0.6 is 12.2 Å². The molecule has 0 radical (unpaired) electrons. The van der Waals surface area contributed by atoms with E-state index in [0.29, 0.717) is 5.11 Å². The van der Waals surface area contributed by atoms with Crippen molar-refractivity contribution in [3.8, 4) is 5.69 Å². The van der Waals surface area contributed by atoms with E-state index in [-0.39, 0.29) is 0 Å². The van der Waals surface area contributed by atoms with E-state index in [4.69, 9.17) is 12.2 Å². The van der Waals surface area contributed by atoms with Crippen molar-refractivity contribution >= 4 is 23.5 Å². The van der Waals surface area contributed by atoms with Gasteiger partial charge in [0.05, 0.1) is 6.21 Å². The number of nitrogens with one attached hydrogen (secondary N) is 2. The Morgan fingerprint density at radius 3 is 2.76 bits per heavy atom. The molecule has 5 nitrogen and oxygen atoms in total. The second kappa shape index (κ2) is 6.99. The first kappa shape index (κ1) is 15.2. The van der Waals surface area contributed by atoms with Gasteiger partial charge in [-0.05, 0) is 51.2 Å². The number of nitrogens with zero attached hydrogens (tertiary/aromatic N) is 3. The van der Waals surface area contributed by atoms with Crippen LogP contribution in [0, 0.1) is 13.8 Å². The Bertz CT molecular complexity index is 646. The van der Waals surface area contributed by atoms with E-state index in [1.165, 1.54) is 0 Å². The fourth-order valence-electron chi connectivity index (χ4n) is 2.17. The molecule has 0 spiro atoms. The summed E-state index contributed by atoms with van der Waals surface area (Å²) in [6.07, 6.45) is 5.36. The molecule has 0 amide bonds. The van der Waals surface area contributed by atoms with E-state index < -0.39 is 0 Å². The lowest BCUT2D eigenvalue weighted by Gasteiger charge is -2.08. The average molecular weight is 301 g/mol. The van der Waals surface area contributed by atoms with Gasteiger partial charge >= 0.3 is 0 Å². The Balaban J connectivity index is 2.20. The summed E-state index contributed by atoms with van der Waals surface area (Å²) < 4.78 is 2.17. The van der Waals surface area contributed by atoms with Crippen LogP contribution in [0.25, 0.3) is 5.69 Å². The van der Waals surface area contributed by atoms with Crippen molar-refractivity contribution in [1.29, 1.82) is 0 Å². The Hall–Kier alpha value is -2.21. The molecule has 2 N–H and O–H groups in total. The number of aromatic nitrogens is 2. The van der Waals surface area contributed by atoms with Gasteiger partial charge in [-0.15, -0.1) is 0 Å². The van der Waals surface area contributed by atoms with E-state index in [2.05, 4.69) is 45.3 Å². The van der Waals surface area contributed by atoms with Crippen LogP contribution in [0.5, 0.6) is 0 Å². The second-order valence-electron chi connectivity index (χ2n) is 4.60. The van der Waals surface area contributed by atoms with E-state index in [1.807, 2.05) is 19.1 Å². The van der Waals surface area contributed by atoms with Gasteiger partial charge in [0.1, 0.15) is 0 Å². The number of pyridine rings is 1. The van der Waals surface area contributed by atoms with Gasteiger partial charge in [-0.3, -0.25) is 10.4 Å². The molecule has 0 atom stereocenters. The molecule has 0 saturated heterocycles. The molecule has 0 aliphatic rings. The van der Waals surface area contributed by atoms with Crippen LogP contribution in [0.15, 0.2) is 35.7 Å². The molecule has 0 aromatic carbocycles. The number of hydrogen-bond acceptors (Lipinski definition) is 3. The first-order valence-electron chi connectivity index (χ1n) is 6.79. The molecule has 2 aromatic rings. The molecule has 6 heteroatoms. The van der Waals surface area contributed by atoms with Crippen molar-refractivity contribution in [2.24, 2.45) is 5.10 Å². The normalized spacial score (nSPS) is 10.8. The first-order valence-corrected chi connectivity index (χ1v) is 7.20. The molecule has 0 fully saturated rings. The fraction of sp³-hybridized carbons (Fsp3) is 0.267. The molecule has 0 unspecified atom stereocenters. The van der Waals surface area contributed by atoms with Gasteiger partial charge < -0.3 is 9.88 Å². The number of rotatable bonds is 4. The smallest absolute Gasteiger partial charge is 0.186 e. The molecule has 2 aromatic heterocycles. The monoisotopic (exact) mass is 301 g/mol. The van der Waals surface area contributed by atoms with Crippen LogP contribution in [0.1, 0.15) is 23.9 Å². The Morgan fingerprint density at radius 1 is 1.38 bits per heavy atom. The Labute approximate surface area is 130 Å². The van der Waals surface area contributed by atoms with Crippen molar-refractivity contribution in [1.82, 2.24) is 20.3 Å². The standard InChI is InChI=1S/C15H19N5S/c1-4-17-15(21)19-18-10-13-9-11(2)20(12(13)3)14-5-7-16-8-6-14/h5-10H,4H2,1-3H3,(H2,17,19,21). The summed E-state index contributed by atoms with van der Waals surface area (Å²) in [7, 11) is 0. The summed E-state index contributed by atoms with van der Waals surface area (Å²) in [6.45, 7) is 6.90. The molecule has 110 valence electrons. The molecular weight excluding hydrogens is 282 g/mol. The highest BCUT2D eigenvalue weighted by Crippen LogP contribution is 2.18. The highest BCUT2D eigenvalue weighted by atomic mass is 32.1. The van der Waals surface area contributed by atoms with Crippen molar-refractivity contribution in [2.75, 3.05) is 6.54 Å². The molecule has 2 heterocycles. The summed E-state index contributed by atoms with van der Waals surface area (Å²) in [5, 5.41) is 7.67. The van der Waals surface area contributed by atoms with Crippen LogP contribution < -0.4 is 10.7 Å². The third-order valence-electron chi connectivity index (χ3n) is 3.10. The van der Waals surface area contributed by atoms with E-state index in [9.17, 15) is 0 Å². The third kappa shape index (κ3) is 3.66. The molecule has 0 aliphatic heterocycles. The summed E-state index contributed by atoms with van der Waals surface area (Å²) in [6, 6.07) is 6.07. The molecule has 0 aliphatic carbocycles. The lowest BCUT2D eigenvalue weighted by molar-refractivity contribution is 0.903. The third-order valence-corrected chi connectivity index (χ3v) is 3.33. The van der Waals surface area contributed by atoms with Crippen molar-refractivity contribution < 1.29 is 0 Å². The zero-order valence-electron chi connectivity index (χ0n) is 12.4. The van der Waals surface area contributed by atoms with Gasteiger partial charge in [-0.2, -0.15) is 5.10 Å². The minimum Gasteiger partial charge on any atom is -0.362 e. The van der Waals surface area contributed by atoms with Gasteiger partial charge in [0.25, 0.3) is 0 Å². The predicted molar refractivity (Wildman–Crippen MR) is 90.0 cm³/mol. The highest BCUT2D eigenvalue weighted by Gasteiger charge is 2.08. The second-order valence-corrected chi connectivity index (χ2v) is 5.00. The molecule has 0 saturated carbocycles. The number of thiocarbonyl (C=S) groups is 1. The lowest BCUT2D eigenvalue weighted by Crippen LogP contribution is -2.31. The number of hydrazone groups is 1. The molecule has 2 rings (SSSR count). The van der Waals surface area contributed by atoms with Crippen molar-refractivity contribution in [2.45, 2.75) is 20.8 Å². The highest BCUT2D eigenvalue weighted by molar-refractivity contribution is 7.80. The van der Waals surface area contributed by atoms with Crippen LogP contribution in [0.2, 0.25) is 0 Å². The summed E-state index contributed by atoms with van der Waals surface area (Å²) in [5.41, 5.74) is 7.21. The van der Waals surface area contributed by atoms with Crippen LogP contribution in [0.3, 0.4) is 0 Å². The maximum Gasteiger partial charge on any atom is 0.186 e. The SMILES string of the molecule is CCNC(=S)NN=Cc1cc(C)n(-c2ccncc2)c1C. The van der Waals surface area contributed by atoms with Crippen molar-refractivity contribution in [3.63, 3.8) is 0 Å². The summed E-state index contributed by atoms with van der Waals surface area (Å²) in [5.74, 6) is 0. The predicted octanol–water partition coefficient (Wildman–Crippen LogP) is 2.31. The maximum absolute atomic E-state index is 5.06. The fourth-order valence-corrected chi connectivity index (χ4v) is 2.37. The van der Waals surface area contributed by atoms with Crippen LogP contribution in [0.4, 0.5) is 0 Å². The first-order chi connectivity index (χ1) is 10.1. The molecule has 0 bridgehead atoms. The zero-order valence-corrected chi connectivity index (χ0v) is 13.2. The molecule has 21 heavy (non-hydrogen) atoms. The van der Waals surface area contributed by atoms with Gasteiger partial charge in [0, 0.05) is 41.6 Å². The van der Waals surface area contributed by atoms with E-state index >= 15 is 0 Å². The zero-order chi connectivity index (χ0) is 15.2. The van der Waals surface area contributed by atoms with Crippen molar-refractivity contribution in [3.05, 3.63) is 47.5 Å². The largest absolute Gasteiger partial charge is 0.362 e. The maximum atomic E-state index is 5.06. The lowest BCUT2D eigenvalue weighted by atomic mass is 10.2. The Morgan fingerprint density at radius 2 is 2.10 bits per heavy atom. The van der Waals surface area contributed by atoms with Gasteiger partial charge in [-0.1, -0.05) is 0 Å². The van der Waals surface area contributed by atoms with Crippen LogP contribution in [-0.4, -0.2) is 27.4 Å². The minimum absolute atomic E-state index is 0.525. The molecular formula is C15H19N5S. The van der Waals surface area contributed by atoms with E-state index in [1.54, 1.807) is 18.6 Å². The summed E-state index contributed by atoms with van der Waals surface area (Å²) in [4.78, 5) is 4.05. The number of aryl methyl sites for hydroxylation is 1. The average Bonchev–Trinajstić information content (AvgIpc) is 2.75. The minimum atomic E-state index is 0.525. The van der Waals surface area contributed by atoms with Gasteiger partial charge in [0.15, 0.2) is 5.11 Å². The van der Waals surface area contributed by atoms with Gasteiger partial charge in [-0.25, -0.2) is 0 Å². The van der Waals surface area contributed by atoms with Crippen LogP contribution in [-0.2, 0) is 0 Å². The topological polar surface area (TPSA) is 54.2 Å². The summed E-state index contributed by atoms with van der Waals surface area (Å²) >= 11 is 5.06. The van der Waals surface area contributed by atoms with E-state index in [0.717, 1.165) is 29.2 Å².